The van der Waals surface area contributed by atoms with Gasteiger partial charge in [0, 0.05) is 23.8 Å². The first-order valence-electron chi connectivity index (χ1n) is 7.96. The van der Waals surface area contributed by atoms with Gasteiger partial charge in [-0.1, -0.05) is 11.6 Å². The molecule has 0 bridgehead atoms. The molecule has 0 saturated carbocycles. The van der Waals surface area contributed by atoms with Gasteiger partial charge in [-0.2, -0.15) is 10.2 Å². The lowest BCUT2D eigenvalue weighted by atomic mass is 10.2. The molecule has 1 aromatic carbocycles. The number of anilines is 1. The van der Waals surface area contributed by atoms with Crippen LogP contribution in [0.2, 0.25) is 5.02 Å². The summed E-state index contributed by atoms with van der Waals surface area (Å²) in [6, 6.07) is 5.14. The summed E-state index contributed by atoms with van der Waals surface area (Å²) in [6.45, 7) is 6.37. The molecule has 3 rings (SSSR count). The van der Waals surface area contributed by atoms with E-state index in [1.165, 1.54) is 6.20 Å². The van der Waals surface area contributed by atoms with E-state index in [9.17, 15) is 9.59 Å². The fourth-order valence-electron chi connectivity index (χ4n) is 2.53. The number of hydrogen-bond donors (Lipinski definition) is 1. The number of amides is 1. The highest BCUT2D eigenvalue weighted by Gasteiger charge is 2.18. The van der Waals surface area contributed by atoms with Crippen molar-refractivity contribution in [1.29, 1.82) is 0 Å². The van der Waals surface area contributed by atoms with Gasteiger partial charge in [0.05, 0.1) is 22.8 Å². The monoisotopic (exact) mass is 359 g/mol. The van der Waals surface area contributed by atoms with Gasteiger partial charge in [0.2, 0.25) is 5.43 Å². The number of nitrogens with zero attached hydrogens (tertiary/aromatic N) is 4. The predicted molar refractivity (Wildman–Crippen MR) is 97.3 cm³/mol. The van der Waals surface area contributed by atoms with E-state index in [0.29, 0.717) is 28.2 Å². The van der Waals surface area contributed by atoms with Gasteiger partial charge in [0.25, 0.3) is 5.91 Å². The van der Waals surface area contributed by atoms with Crippen LogP contribution in [-0.4, -0.2) is 25.5 Å². The molecule has 7 nitrogen and oxygen atoms in total. The number of rotatable bonds is 4. The molecule has 130 valence electrons. The number of fused-ring (bicyclic) bond motifs is 1. The first-order chi connectivity index (χ1) is 11.9. The molecule has 0 saturated heterocycles. The number of halogens is 1. The zero-order valence-corrected chi connectivity index (χ0v) is 14.9. The van der Waals surface area contributed by atoms with Gasteiger partial charge in [-0.05, 0) is 39.0 Å². The topological polar surface area (TPSA) is 81.8 Å². The molecule has 0 spiro atoms. The number of benzene rings is 1. The molecule has 3 aromatic rings. The minimum absolute atomic E-state index is 0.170. The highest BCUT2D eigenvalue weighted by molar-refractivity contribution is 6.31. The average molecular weight is 360 g/mol. The van der Waals surface area contributed by atoms with Crippen LogP contribution < -0.4 is 10.7 Å². The molecule has 2 heterocycles. The number of aromatic nitrogens is 4. The Hall–Kier alpha value is -2.67. The molecule has 1 N–H and O–H groups in total. The van der Waals surface area contributed by atoms with Gasteiger partial charge >= 0.3 is 0 Å². The highest BCUT2D eigenvalue weighted by Crippen LogP contribution is 2.17. The molecular weight excluding hydrogens is 342 g/mol. The third kappa shape index (κ3) is 3.28. The van der Waals surface area contributed by atoms with Crippen LogP contribution in [0, 0.1) is 0 Å². The molecule has 0 unspecified atom stereocenters. The van der Waals surface area contributed by atoms with Crippen LogP contribution in [0.15, 0.2) is 35.4 Å². The lowest BCUT2D eigenvalue weighted by molar-refractivity contribution is 0.101. The Kier molecular flexibility index (Phi) is 4.59. The first kappa shape index (κ1) is 17.2. The van der Waals surface area contributed by atoms with Crippen LogP contribution in [0.1, 0.15) is 37.3 Å². The number of carbonyl (C=O) groups is 1. The molecule has 0 atom stereocenters. The van der Waals surface area contributed by atoms with Crippen molar-refractivity contribution in [1.82, 2.24) is 19.6 Å². The first-order valence-corrected chi connectivity index (χ1v) is 8.34. The molecule has 2 aromatic heterocycles. The van der Waals surface area contributed by atoms with E-state index in [0.717, 1.165) is 0 Å². The molecule has 0 aliphatic carbocycles. The van der Waals surface area contributed by atoms with Crippen molar-refractivity contribution >= 4 is 34.1 Å². The second-order valence-corrected chi connectivity index (χ2v) is 6.35. The summed E-state index contributed by atoms with van der Waals surface area (Å²) in [4.78, 5) is 25.2. The van der Waals surface area contributed by atoms with E-state index in [2.05, 4.69) is 15.5 Å². The SMILES string of the molecule is CCn1nc(C(=O)Nc2cnn(C(C)C)c2)c(=O)c2cc(Cl)ccc21. The predicted octanol–water partition coefficient (Wildman–Crippen LogP) is 3.10. The molecular formula is C17H18ClN5O2. The van der Waals surface area contributed by atoms with Crippen molar-refractivity contribution in [3.05, 3.63) is 51.5 Å². The standard InChI is InChI=1S/C17H18ClN5O2/c1-4-22-14-6-5-11(18)7-13(14)16(24)15(21-22)17(25)20-12-8-19-23(9-12)10(2)3/h5-10H,4H2,1-3H3,(H,20,25). The van der Waals surface area contributed by atoms with Crippen LogP contribution in [0.25, 0.3) is 10.9 Å². The van der Waals surface area contributed by atoms with E-state index < -0.39 is 11.3 Å². The van der Waals surface area contributed by atoms with Crippen LogP contribution in [0.3, 0.4) is 0 Å². The van der Waals surface area contributed by atoms with Gasteiger partial charge in [0.1, 0.15) is 0 Å². The van der Waals surface area contributed by atoms with Gasteiger partial charge in [0.15, 0.2) is 5.69 Å². The maximum absolute atomic E-state index is 12.7. The molecule has 1 amide bonds. The van der Waals surface area contributed by atoms with Gasteiger partial charge in [-0.25, -0.2) is 0 Å². The van der Waals surface area contributed by atoms with Gasteiger partial charge < -0.3 is 5.32 Å². The minimum Gasteiger partial charge on any atom is -0.318 e. The Balaban J connectivity index is 2.03. The fraction of sp³-hybridized carbons (Fsp3) is 0.294. The molecule has 0 aliphatic rings. The summed E-state index contributed by atoms with van der Waals surface area (Å²) in [7, 11) is 0. The normalized spacial score (nSPS) is 11.2. The number of nitrogens with one attached hydrogen (secondary N) is 1. The molecule has 8 heteroatoms. The van der Waals surface area contributed by atoms with Crippen molar-refractivity contribution in [3.63, 3.8) is 0 Å². The van der Waals surface area contributed by atoms with Crippen LogP contribution in [0.4, 0.5) is 5.69 Å². The third-order valence-electron chi connectivity index (χ3n) is 3.82. The Bertz CT molecular complexity index is 1010. The van der Waals surface area contributed by atoms with Crippen molar-refractivity contribution in [2.75, 3.05) is 5.32 Å². The van der Waals surface area contributed by atoms with Crippen LogP contribution >= 0.6 is 11.6 Å². The average Bonchev–Trinajstić information content (AvgIpc) is 3.04. The maximum Gasteiger partial charge on any atom is 0.280 e. The molecule has 0 fully saturated rings. The summed E-state index contributed by atoms with van der Waals surface area (Å²) in [5.74, 6) is -0.572. The second-order valence-electron chi connectivity index (χ2n) is 5.91. The zero-order valence-electron chi connectivity index (χ0n) is 14.2. The molecule has 0 radical (unpaired) electrons. The third-order valence-corrected chi connectivity index (χ3v) is 4.06. The number of aryl methyl sites for hydroxylation is 1. The van der Waals surface area contributed by atoms with E-state index in [4.69, 9.17) is 11.6 Å². The van der Waals surface area contributed by atoms with Crippen LogP contribution in [0.5, 0.6) is 0 Å². The largest absolute Gasteiger partial charge is 0.318 e. The Labute approximate surface area is 149 Å². The lowest BCUT2D eigenvalue weighted by Crippen LogP contribution is -2.27. The van der Waals surface area contributed by atoms with E-state index in [1.54, 1.807) is 33.8 Å². The molecule has 0 aliphatic heterocycles. The van der Waals surface area contributed by atoms with Crippen LogP contribution in [-0.2, 0) is 6.54 Å². The minimum atomic E-state index is -0.572. The molecule has 25 heavy (non-hydrogen) atoms. The quantitative estimate of drug-likeness (QED) is 0.776. The fourth-order valence-corrected chi connectivity index (χ4v) is 2.70. The van der Waals surface area contributed by atoms with Crippen molar-refractivity contribution < 1.29 is 4.79 Å². The number of carbonyl (C=O) groups excluding carboxylic acids is 1. The van der Waals surface area contributed by atoms with Crippen molar-refractivity contribution in [3.8, 4) is 0 Å². The highest BCUT2D eigenvalue weighted by atomic mass is 35.5. The van der Waals surface area contributed by atoms with E-state index in [1.807, 2.05) is 20.8 Å². The van der Waals surface area contributed by atoms with Crippen molar-refractivity contribution in [2.45, 2.75) is 33.4 Å². The van der Waals surface area contributed by atoms with Gasteiger partial charge in [-0.15, -0.1) is 0 Å². The Morgan fingerprint density at radius 1 is 1.36 bits per heavy atom. The summed E-state index contributed by atoms with van der Waals surface area (Å²) < 4.78 is 3.33. The summed E-state index contributed by atoms with van der Waals surface area (Å²) in [5, 5.41) is 11.8. The lowest BCUT2D eigenvalue weighted by Gasteiger charge is -2.10. The maximum atomic E-state index is 12.7. The van der Waals surface area contributed by atoms with E-state index in [-0.39, 0.29) is 11.7 Å². The summed E-state index contributed by atoms with van der Waals surface area (Å²) in [5.41, 5.74) is 0.528. The Morgan fingerprint density at radius 2 is 2.12 bits per heavy atom. The smallest absolute Gasteiger partial charge is 0.280 e. The van der Waals surface area contributed by atoms with Crippen molar-refractivity contribution in [2.24, 2.45) is 0 Å². The Morgan fingerprint density at radius 3 is 2.76 bits per heavy atom. The summed E-state index contributed by atoms with van der Waals surface area (Å²) in [6.07, 6.45) is 3.24. The summed E-state index contributed by atoms with van der Waals surface area (Å²) >= 11 is 6.00. The van der Waals surface area contributed by atoms with Gasteiger partial charge in [-0.3, -0.25) is 19.0 Å². The number of hydrogen-bond acceptors (Lipinski definition) is 4. The second kappa shape index (κ2) is 6.68. The van der Waals surface area contributed by atoms with E-state index >= 15 is 0 Å². The zero-order chi connectivity index (χ0) is 18.1.